The zero-order chi connectivity index (χ0) is 39.0. The van der Waals surface area contributed by atoms with E-state index in [0.29, 0.717) is 25.4 Å². The predicted molar refractivity (Wildman–Crippen MR) is 205 cm³/mol. The summed E-state index contributed by atoms with van der Waals surface area (Å²) in [5, 5.41) is 6.05. The molecule has 5 rings (SSSR count). The van der Waals surface area contributed by atoms with E-state index in [1.54, 1.807) is 0 Å². The molecule has 0 unspecified atom stereocenters. The summed E-state index contributed by atoms with van der Waals surface area (Å²) in [6.07, 6.45) is 15.8. The number of ether oxygens (including phenoxy) is 2. The second-order valence-electron chi connectivity index (χ2n) is 19.7. The Bertz CT molecular complexity index is 1470. The summed E-state index contributed by atoms with van der Waals surface area (Å²) in [5.41, 5.74) is 0.265. The normalized spacial score (nSPS) is 38.5. The molecule has 9 nitrogen and oxygen atoms in total. The molecule has 0 radical (unpaired) electrons. The maximum Gasteiger partial charge on any atom is 0.307 e. The minimum Gasteiger partial charge on any atom is -0.469 e. The number of carbonyl (C=O) groups is 5. The van der Waals surface area contributed by atoms with Gasteiger partial charge in [-0.2, -0.15) is 0 Å². The molecule has 0 aliphatic heterocycles. The van der Waals surface area contributed by atoms with Gasteiger partial charge in [0.2, 0.25) is 11.8 Å². The molecular weight excluding hydrogens is 668 g/mol. The van der Waals surface area contributed by atoms with Gasteiger partial charge in [-0.05, 0) is 110 Å². The molecule has 4 fully saturated rings. The number of ketones is 1. The molecule has 0 aromatic rings. The summed E-state index contributed by atoms with van der Waals surface area (Å²) >= 11 is 0. The first-order valence-corrected chi connectivity index (χ1v) is 20.8. The van der Waals surface area contributed by atoms with Gasteiger partial charge in [-0.25, -0.2) is 0 Å². The third-order valence-electron chi connectivity index (χ3n) is 16.1. The maximum absolute atomic E-state index is 14.7. The van der Waals surface area contributed by atoms with Crippen molar-refractivity contribution in [3.63, 3.8) is 0 Å². The van der Waals surface area contributed by atoms with Gasteiger partial charge in [-0.15, -0.1) is 0 Å². The highest BCUT2D eigenvalue weighted by Gasteiger charge is 2.70. The van der Waals surface area contributed by atoms with Gasteiger partial charge in [-0.1, -0.05) is 73.3 Å². The zero-order valence-electron chi connectivity index (χ0n) is 34.5. The van der Waals surface area contributed by atoms with Crippen LogP contribution in [0.3, 0.4) is 0 Å². The van der Waals surface area contributed by atoms with E-state index in [2.05, 4.69) is 69.9 Å². The van der Waals surface area contributed by atoms with E-state index in [1.165, 1.54) is 19.6 Å². The number of unbranched alkanes of at least 4 members (excludes halogenated alkanes) is 4. The number of nitrogens with one attached hydrogen (secondary N) is 2. The number of amides is 2. The highest BCUT2D eigenvalue weighted by Crippen LogP contribution is 2.75. The van der Waals surface area contributed by atoms with E-state index >= 15 is 0 Å². The lowest BCUT2D eigenvalue weighted by Crippen LogP contribution is -2.66. The van der Waals surface area contributed by atoms with Gasteiger partial charge in [0, 0.05) is 43.2 Å². The molecule has 0 aromatic heterocycles. The zero-order valence-corrected chi connectivity index (χ0v) is 34.5. The summed E-state index contributed by atoms with van der Waals surface area (Å²) in [6.45, 7) is 18.8. The van der Waals surface area contributed by atoms with Gasteiger partial charge in [0.1, 0.15) is 6.10 Å². The lowest BCUT2D eigenvalue weighted by Gasteiger charge is -2.70. The van der Waals surface area contributed by atoms with Crippen LogP contribution in [0.15, 0.2) is 11.6 Å². The molecule has 0 spiro atoms. The van der Waals surface area contributed by atoms with Crippen molar-refractivity contribution >= 4 is 29.5 Å². The van der Waals surface area contributed by atoms with Gasteiger partial charge >= 0.3 is 11.9 Å². The number of rotatable bonds is 13. The Hall–Kier alpha value is -2.71. The van der Waals surface area contributed by atoms with E-state index in [0.717, 1.165) is 89.9 Å². The molecule has 2 amide bonds. The van der Waals surface area contributed by atoms with Crippen LogP contribution >= 0.6 is 0 Å². The van der Waals surface area contributed by atoms with E-state index in [4.69, 9.17) is 4.74 Å². The van der Waals surface area contributed by atoms with Crippen molar-refractivity contribution < 1.29 is 33.4 Å². The van der Waals surface area contributed by atoms with Crippen LogP contribution in [0.25, 0.3) is 0 Å². The molecule has 53 heavy (non-hydrogen) atoms. The van der Waals surface area contributed by atoms with Gasteiger partial charge in [0.05, 0.1) is 13.5 Å². The molecule has 298 valence electrons. The van der Waals surface area contributed by atoms with Crippen molar-refractivity contribution in [2.75, 3.05) is 20.2 Å². The Kier molecular flexibility index (Phi) is 12.1. The van der Waals surface area contributed by atoms with Crippen LogP contribution in [0.1, 0.15) is 158 Å². The summed E-state index contributed by atoms with van der Waals surface area (Å²) in [6, 6.07) is 0. The van der Waals surface area contributed by atoms with E-state index < -0.39 is 5.41 Å². The maximum atomic E-state index is 14.7. The fourth-order valence-electron chi connectivity index (χ4n) is 12.6. The molecule has 0 saturated heterocycles. The molecule has 0 aromatic carbocycles. The third kappa shape index (κ3) is 7.62. The molecule has 9 atom stereocenters. The number of allylic oxidation sites excluding steroid dienone is 2. The van der Waals surface area contributed by atoms with Crippen LogP contribution in [0.2, 0.25) is 0 Å². The van der Waals surface area contributed by atoms with E-state index in [-0.39, 0.29) is 81.0 Å². The van der Waals surface area contributed by atoms with Gasteiger partial charge in [0.25, 0.3) is 0 Å². The van der Waals surface area contributed by atoms with Crippen LogP contribution in [0.5, 0.6) is 0 Å². The second-order valence-corrected chi connectivity index (χ2v) is 19.7. The fourth-order valence-corrected chi connectivity index (χ4v) is 12.6. The molecule has 0 bridgehead atoms. The summed E-state index contributed by atoms with van der Waals surface area (Å²) < 4.78 is 10.5. The van der Waals surface area contributed by atoms with Crippen molar-refractivity contribution in [2.45, 2.75) is 164 Å². The first-order valence-electron chi connectivity index (χ1n) is 20.8. The van der Waals surface area contributed by atoms with Crippen molar-refractivity contribution in [2.24, 2.45) is 50.2 Å². The van der Waals surface area contributed by atoms with Crippen molar-refractivity contribution in [1.29, 1.82) is 0 Å². The number of hydrogen-bond acceptors (Lipinski definition) is 7. The largest absolute Gasteiger partial charge is 0.469 e. The Balaban J connectivity index is 1.20. The van der Waals surface area contributed by atoms with Crippen LogP contribution in [-0.4, -0.2) is 55.8 Å². The first-order chi connectivity index (χ1) is 24.8. The molecule has 5 aliphatic rings. The van der Waals surface area contributed by atoms with Crippen LogP contribution in [0.4, 0.5) is 0 Å². The quantitative estimate of drug-likeness (QED) is 0.145. The van der Waals surface area contributed by atoms with E-state index in [9.17, 15) is 24.0 Å². The summed E-state index contributed by atoms with van der Waals surface area (Å²) in [5.74, 6) is 0.262. The monoisotopic (exact) mass is 739 g/mol. The Morgan fingerprint density at radius 3 is 2.17 bits per heavy atom. The molecule has 4 saturated carbocycles. The number of esters is 2. The molecule has 2 N–H and O–H groups in total. The van der Waals surface area contributed by atoms with Crippen molar-refractivity contribution in [3.8, 4) is 0 Å². The van der Waals surface area contributed by atoms with Crippen LogP contribution in [0, 0.1) is 50.2 Å². The Labute approximate surface area is 319 Å². The molecule has 5 aliphatic carbocycles. The second kappa shape index (κ2) is 15.4. The Morgan fingerprint density at radius 1 is 0.792 bits per heavy atom. The first kappa shape index (κ1) is 41.5. The molecular formula is C44H70N2O7. The number of carbonyl (C=O) groups excluding carboxylic acids is 5. The number of methoxy groups -OCH3 is 1. The SMILES string of the molecule is COC(=O)CCNC(=O)CCCCCCCNC(=O)[C@@]1(C)CC[C@]2(C)CC[C@]3(C)C(=CC(=O)[C@@H]4[C@@]5(C)CC[C@H](OC(C)=O)C(C)(C)[C@@H]5CC[C@]43C)[C@@H]2C1. The fraction of sp³-hybridized carbons (Fsp3) is 0.841. The van der Waals surface area contributed by atoms with Gasteiger partial charge < -0.3 is 20.1 Å². The minimum atomic E-state index is -0.478. The highest BCUT2D eigenvalue weighted by molar-refractivity contribution is 5.96. The van der Waals surface area contributed by atoms with Gasteiger partial charge in [0.15, 0.2) is 5.78 Å². The number of fused-ring (bicyclic) bond motifs is 7. The summed E-state index contributed by atoms with van der Waals surface area (Å²) in [7, 11) is 1.34. The smallest absolute Gasteiger partial charge is 0.307 e. The molecule has 0 heterocycles. The third-order valence-corrected chi connectivity index (χ3v) is 16.1. The summed E-state index contributed by atoms with van der Waals surface area (Å²) in [4.78, 5) is 63.8. The van der Waals surface area contributed by atoms with Gasteiger partial charge in [-0.3, -0.25) is 24.0 Å². The molecule has 9 heteroatoms. The highest BCUT2D eigenvalue weighted by atomic mass is 16.5. The average molecular weight is 739 g/mol. The van der Waals surface area contributed by atoms with E-state index in [1.807, 2.05) is 0 Å². The predicted octanol–water partition coefficient (Wildman–Crippen LogP) is 8.03. The number of hydrogen-bond donors (Lipinski definition) is 2. The lowest BCUT2D eigenvalue weighted by molar-refractivity contribution is -0.210. The topological polar surface area (TPSA) is 128 Å². The average Bonchev–Trinajstić information content (AvgIpc) is 3.08. The Morgan fingerprint density at radius 2 is 1.47 bits per heavy atom. The lowest BCUT2D eigenvalue weighted by atomic mass is 9.33. The van der Waals surface area contributed by atoms with Crippen LogP contribution in [-0.2, 0) is 33.4 Å². The van der Waals surface area contributed by atoms with Crippen LogP contribution < -0.4 is 10.6 Å². The standard InChI is InChI=1S/C44H70N2O7/c1-29(47)53-34-17-19-42(6)33(39(34,2)3)16-20-44(8)37(42)32(48)27-30-31-28-41(5,22-21-40(31,4)23-24-43(30,44)7)38(51)46-25-14-12-10-11-13-15-35(49)45-26-18-36(50)52-9/h27,31,33-34,37H,10-26,28H2,1-9H3,(H,45,49)(H,46,51)/t31-,33-,34-,37+,40+,41-,42-,43+,44+/m0/s1. The van der Waals surface area contributed by atoms with Crippen molar-refractivity contribution in [3.05, 3.63) is 11.6 Å². The van der Waals surface area contributed by atoms with Crippen molar-refractivity contribution in [1.82, 2.24) is 10.6 Å². The minimum absolute atomic E-state index is 0.0378.